The van der Waals surface area contributed by atoms with E-state index in [0.717, 1.165) is 55.4 Å². The lowest BCUT2D eigenvalue weighted by Gasteiger charge is -2.33. The van der Waals surface area contributed by atoms with Crippen molar-refractivity contribution >= 4 is 11.6 Å². The first-order valence-corrected chi connectivity index (χ1v) is 10.9. The highest BCUT2D eigenvalue weighted by molar-refractivity contribution is 5.94. The van der Waals surface area contributed by atoms with Crippen molar-refractivity contribution in [3.63, 3.8) is 0 Å². The van der Waals surface area contributed by atoms with E-state index >= 15 is 0 Å². The van der Waals surface area contributed by atoms with Crippen LogP contribution in [0.15, 0.2) is 36.5 Å². The molecule has 0 saturated carbocycles. The number of halogens is 1. The van der Waals surface area contributed by atoms with E-state index in [1.807, 2.05) is 17.5 Å². The van der Waals surface area contributed by atoms with E-state index in [-0.39, 0.29) is 17.8 Å². The molecule has 2 aliphatic heterocycles. The molecule has 0 radical (unpaired) electrons. The summed E-state index contributed by atoms with van der Waals surface area (Å²) in [6.45, 7) is 7.34. The Morgan fingerprint density at radius 3 is 2.69 bits per heavy atom. The van der Waals surface area contributed by atoms with Gasteiger partial charge in [-0.3, -0.25) is 9.69 Å². The summed E-state index contributed by atoms with van der Waals surface area (Å²) in [6, 6.07) is 7.54. The van der Waals surface area contributed by atoms with Crippen LogP contribution in [0.3, 0.4) is 0 Å². The fraction of sp³-hybridized carbons (Fsp3) is 0.435. The Labute approximate surface area is 185 Å². The third-order valence-corrected chi connectivity index (χ3v) is 6.10. The Morgan fingerprint density at radius 1 is 1.12 bits per heavy atom. The number of ether oxygens (including phenoxy) is 2. The van der Waals surface area contributed by atoms with E-state index in [4.69, 9.17) is 14.6 Å². The Hall–Kier alpha value is -2.88. The first-order chi connectivity index (χ1) is 15.6. The van der Waals surface area contributed by atoms with Crippen LogP contribution in [0.25, 0.3) is 5.65 Å². The molecule has 2 aromatic heterocycles. The van der Waals surface area contributed by atoms with Gasteiger partial charge < -0.3 is 14.4 Å². The molecule has 0 N–H and O–H groups in total. The quantitative estimate of drug-likeness (QED) is 0.621. The molecule has 2 aliphatic rings. The molecule has 1 atom stereocenters. The van der Waals surface area contributed by atoms with Crippen molar-refractivity contribution in [2.45, 2.75) is 19.6 Å². The van der Waals surface area contributed by atoms with E-state index in [1.165, 1.54) is 24.3 Å². The monoisotopic (exact) mass is 439 g/mol. The van der Waals surface area contributed by atoms with Gasteiger partial charge in [-0.1, -0.05) is 0 Å². The Balaban J connectivity index is 1.39. The van der Waals surface area contributed by atoms with Crippen LogP contribution < -0.4 is 0 Å². The zero-order valence-corrected chi connectivity index (χ0v) is 18.0. The number of benzene rings is 1. The van der Waals surface area contributed by atoms with E-state index in [2.05, 4.69) is 9.88 Å². The van der Waals surface area contributed by atoms with E-state index in [0.29, 0.717) is 25.3 Å². The summed E-state index contributed by atoms with van der Waals surface area (Å²) in [4.78, 5) is 21.6. The van der Waals surface area contributed by atoms with Gasteiger partial charge in [0.1, 0.15) is 11.9 Å². The smallest absolute Gasteiger partial charge is 0.254 e. The minimum Gasteiger partial charge on any atom is -0.379 e. The average molecular weight is 439 g/mol. The molecule has 8 nitrogen and oxygen atoms in total. The SMILES string of the molecule is Cc1nn2c(C3CN(C(=O)c4ccc(F)cc4)CCO3)ccnc2c1CN1CCOCC1. The lowest BCUT2D eigenvalue weighted by atomic mass is 10.1. The zero-order chi connectivity index (χ0) is 22.1. The fourth-order valence-corrected chi connectivity index (χ4v) is 4.31. The number of morpholine rings is 2. The second-order valence-electron chi connectivity index (χ2n) is 8.18. The third-order valence-electron chi connectivity index (χ3n) is 6.10. The number of rotatable bonds is 4. The van der Waals surface area contributed by atoms with Crippen molar-refractivity contribution in [2.75, 3.05) is 46.0 Å². The number of aryl methyl sites for hydroxylation is 1. The van der Waals surface area contributed by atoms with Crippen molar-refractivity contribution in [1.29, 1.82) is 0 Å². The molecule has 1 unspecified atom stereocenters. The number of carbonyl (C=O) groups is 1. The van der Waals surface area contributed by atoms with Crippen LogP contribution in [-0.2, 0) is 16.0 Å². The maximum absolute atomic E-state index is 13.2. The summed E-state index contributed by atoms with van der Waals surface area (Å²) in [6.07, 6.45) is 1.45. The van der Waals surface area contributed by atoms with Crippen LogP contribution in [0.4, 0.5) is 4.39 Å². The van der Waals surface area contributed by atoms with E-state index in [1.54, 1.807) is 11.1 Å². The van der Waals surface area contributed by atoms with Gasteiger partial charge in [-0.15, -0.1) is 0 Å². The number of amides is 1. The fourth-order valence-electron chi connectivity index (χ4n) is 4.31. The van der Waals surface area contributed by atoms with Gasteiger partial charge in [0.2, 0.25) is 0 Å². The number of nitrogens with zero attached hydrogens (tertiary/aromatic N) is 5. The number of carbonyl (C=O) groups excluding carboxylic acids is 1. The number of fused-ring (bicyclic) bond motifs is 1. The molecular formula is C23H26FN5O3. The molecule has 1 aromatic carbocycles. The lowest BCUT2D eigenvalue weighted by Crippen LogP contribution is -2.42. The first kappa shape index (κ1) is 21.0. The molecule has 0 bridgehead atoms. The number of hydrogen-bond donors (Lipinski definition) is 0. The summed E-state index contributed by atoms with van der Waals surface area (Å²) in [5, 5.41) is 4.76. The van der Waals surface area contributed by atoms with Crippen LogP contribution in [0.2, 0.25) is 0 Å². The minimum absolute atomic E-state index is 0.131. The van der Waals surface area contributed by atoms with Crippen LogP contribution in [-0.4, -0.2) is 76.3 Å². The molecular weight excluding hydrogens is 413 g/mol. The van der Waals surface area contributed by atoms with Gasteiger partial charge >= 0.3 is 0 Å². The van der Waals surface area contributed by atoms with Gasteiger partial charge in [-0.2, -0.15) is 5.10 Å². The van der Waals surface area contributed by atoms with Crippen molar-refractivity contribution < 1.29 is 18.7 Å². The highest BCUT2D eigenvalue weighted by atomic mass is 19.1. The molecule has 4 heterocycles. The minimum atomic E-state index is -0.359. The number of hydrogen-bond acceptors (Lipinski definition) is 6. The Bertz CT molecular complexity index is 1110. The number of aromatic nitrogens is 3. The standard InChI is InChI=1S/C23H26FN5O3/c1-16-19(14-27-8-11-31-12-9-27)22-25-7-6-20(29(22)26-16)21-15-28(10-13-32-21)23(30)17-2-4-18(24)5-3-17/h2-7,21H,8-15H2,1H3. The molecule has 32 heavy (non-hydrogen) atoms. The van der Waals surface area contributed by atoms with Gasteiger partial charge in [0.05, 0.1) is 37.8 Å². The Morgan fingerprint density at radius 2 is 1.91 bits per heavy atom. The van der Waals surface area contributed by atoms with Gasteiger partial charge in [-0.05, 0) is 37.3 Å². The second-order valence-corrected chi connectivity index (χ2v) is 8.18. The van der Waals surface area contributed by atoms with Crippen LogP contribution in [0.5, 0.6) is 0 Å². The summed E-state index contributed by atoms with van der Waals surface area (Å²) in [7, 11) is 0. The molecule has 1 amide bonds. The molecule has 0 spiro atoms. The summed E-state index contributed by atoms with van der Waals surface area (Å²) in [5.74, 6) is -0.490. The van der Waals surface area contributed by atoms with Crippen molar-refractivity contribution in [2.24, 2.45) is 0 Å². The van der Waals surface area contributed by atoms with Crippen molar-refractivity contribution in [3.05, 3.63) is 64.9 Å². The zero-order valence-electron chi connectivity index (χ0n) is 18.0. The third kappa shape index (κ3) is 4.11. The molecule has 3 aromatic rings. The second kappa shape index (κ2) is 8.93. The predicted molar refractivity (Wildman–Crippen MR) is 115 cm³/mol. The lowest BCUT2D eigenvalue weighted by molar-refractivity contribution is -0.0256. The van der Waals surface area contributed by atoms with Crippen LogP contribution >= 0.6 is 0 Å². The molecule has 9 heteroatoms. The van der Waals surface area contributed by atoms with Gasteiger partial charge in [0.25, 0.3) is 5.91 Å². The summed E-state index contributed by atoms with van der Waals surface area (Å²) < 4.78 is 26.6. The topological polar surface area (TPSA) is 72.2 Å². The average Bonchev–Trinajstić information content (AvgIpc) is 3.15. The summed E-state index contributed by atoms with van der Waals surface area (Å²) >= 11 is 0. The van der Waals surface area contributed by atoms with E-state index < -0.39 is 0 Å². The molecule has 5 rings (SSSR count). The normalized spacial score (nSPS) is 20.1. The molecule has 168 valence electrons. The van der Waals surface area contributed by atoms with Crippen LogP contribution in [0.1, 0.15) is 33.4 Å². The molecule has 0 aliphatic carbocycles. The highest BCUT2D eigenvalue weighted by Crippen LogP contribution is 2.26. The maximum Gasteiger partial charge on any atom is 0.254 e. The maximum atomic E-state index is 13.2. The molecule has 2 saturated heterocycles. The van der Waals surface area contributed by atoms with E-state index in [9.17, 15) is 9.18 Å². The first-order valence-electron chi connectivity index (χ1n) is 10.9. The van der Waals surface area contributed by atoms with Gasteiger partial charge in [0.15, 0.2) is 5.65 Å². The van der Waals surface area contributed by atoms with Gasteiger partial charge in [0, 0.05) is 43.5 Å². The van der Waals surface area contributed by atoms with Gasteiger partial charge in [-0.25, -0.2) is 13.9 Å². The Kier molecular flexibility index (Phi) is 5.86. The summed E-state index contributed by atoms with van der Waals surface area (Å²) in [5.41, 5.74) is 4.19. The van der Waals surface area contributed by atoms with Crippen LogP contribution in [0, 0.1) is 12.7 Å². The highest BCUT2D eigenvalue weighted by Gasteiger charge is 2.29. The van der Waals surface area contributed by atoms with Crippen molar-refractivity contribution in [3.8, 4) is 0 Å². The predicted octanol–water partition coefficient (Wildman–Crippen LogP) is 2.22. The van der Waals surface area contributed by atoms with Crippen molar-refractivity contribution in [1.82, 2.24) is 24.4 Å². The largest absolute Gasteiger partial charge is 0.379 e. The molecule has 2 fully saturated rings.